The van der Waals surface area contributed by atoms with Gasteiger partial charge < -0.3 is 24.4 Å². The number of phenols is 1. The zero-order valence-electron chi connectivity index (χ0n) is 22.7. The summed E-state index contributed by atoms with van der Waals surface area (Å²) in [6.45, 7) is 6.25. The van der Waals surface area contributed by atoms with Crippen LogP contribution in [0.1, 0.15) is 51.5 Å². The SMILES string of the molecule is COc1nc(N2CCN(C(=O)OC(C)(C)C)[C@@H](CC#N)C2)c2cnc(-c3cc(O)cc(Cl)c3C3CC3)c(F)c2n1. The van der Waals surface area contributed by atoms with Crippen molar-refractivity contribution in [3.63, 3.8) is 0 Å². The molecule has 0 unspecified atom stereocenters. The monoisotopic (exact) mass is 568 g/mol. The first kappa shape index (κ1) is 27.6. The largest absolute Gasteiger partial charge is 0.508 e. The van der Waals surface area contributed by atoms with Crippen LogP contribution in [0.25, 0.3) is 22.2 Å². The number of pyridine rings is 1. The minimum Gasteiger partial charge on any atom is -0.508 e. The highest BCUT2D eigenvalue weighted by atomic mass is 35.5. The van der Waals surface area contributed by atoms with Crippen molar-refractivity contribution in [3.8, 4) is 29.1 Å². The van der Waals surface area contributed by atoms with Crippen LogP contribution in [0.15, 0.2) is 18.3 Å². The molecular formula is C28H30ClFN6O4. The molecule has 2 aromatic heterocycles. The predicted molar refractivity (Wildman–Crippen MR) is 147 cm³/mol. The van der Waals surface area contributed by atoms with E-state index in [9.17, 15) is 15.2 Å². The molecule has 2 fully saturated rings. The molecule has 1 saturated heterocycles. The number of rotatable bonds is 5. The third-order valence-corrected chi connectivity index (χ3v) is 7.23. The van der Waals surface area contributed by atoms with Gasteiger partial charge in [-0.15, -0.1) is 0 Å². The van der Waals surface area contributed by atoms with Gasteiger partial charge in [-0.25, -0.2) is 9.18 Å². The van der Waals surface area contributed by atoms with E-state index in [-0.39, 0.29) is 48.4 Å². The molecule has 40 heavy (non-hydrogen) atoms. The lowest BCUT2D eigenvalue weighted by Crippen LogP contribution is -2.56. The van der Waals surface area contributed by atoms with Crippen molar-refractivity contribution in [2.75, 3.05) is 31.6 Å². The number of piperazine rings is 1. The Labute approximate surface area is 236 Å². The topological polar surface area (TPSA) is 125 Å². The van der Waals surface area contributed by atoms with Gasteiger partial charge in [0.1, 0.15) is 28.4 Å². The third-order valence-electron chi connectivity index (χ3n) is 6.92. The number of hydrogen-bond donors (Lipinski definition) is 1. The lowest BCUT2D eigenvalue weighted by molar-refractivity contribution is 0.0145. The molecule has 1 atom stereocenters. The van der Waals surface area contributed by atoms with E-state index >= 15 is 4.39 Å². The van der Waals surface area contributed by atoms with Gasteiger partial charge in [0.05, 0.1) is 31.0 Å². The molecule has 5 rings (SSSR count). The Balaban J connectivity index is 1.56. The molecule has 0 radical (unpaired) electrons. The van der Waals surface area contributed by atoms with Gasteiger partial charge in [-0.2, -0.15) is 15.2 Å². The van der Waals surface area contributed by atoms with Gasteiger partial charge >= 0.3 is 12.1 Å². The fourth-order valence-corrected chi connectivity index (χ4v) is 5.38. The van der Waals surface area contributed by atoms with E-state index in [0.29, 0.717) is 28.3 Å². The van der Waals surface area contributed by atoms with Crippen LogP contribution in [0.5, 0.6) is 11.8 Å². The highest BCUT2D eigenvalue weighted by molar-refractivity contribution is 6.32. The standard InChI is InChI=1S/C28H30ClFN6O4/c1-28(2,3)40-27(38)36-10-9-35(14-16(36)7-8-31)25-19-13-32-23(22(30)24(19)33-26(34-25)39-4)18-11-17(37)12-20(29)21(18)15-5-6-15/h11-13,15-16,37H,5-7,9-10,14H2,1-4H3/t16-/m0/s1. The highest BCUT2D eigenvalue weighted by Crippen LogP contribution is 2.49. The summed E-state index contributed by atoms with van der Waals surface area (Å²) in [7, 11) is 1.39. The summed E-state index contributed by atoms with van der Waals surface area (Å²) >= 11 is 6.45. The number of fused-ring (bicyclic) bond motifs is 1. The van der Waals surface area contributed by atoms with Gasteiger partial charge in [-0.1, -0.05) is 11.6 Å². The number of phenolic OH excluding ortho intramolecular Hbond substituents is 1. The number of carbonyl (C=O) groups excluding carboxylic acids is 1. The Morgan fingerprint density at radius 3 is 2.67 bits per heavy atom. The first-order valence-corrected chi connectivity index (χ1v) is 13.4. The fraction of sp³-hybridized carbons (Fsp3) is 0.464. The number of aromatic nitrogens is 3. The second-order valence-corrected chi connectivity index (χ2v) is 11.4. The summed E-state index contributed by atoms with van der Waals surface area (Å²) in [6, 6.07) is 4.55. The molecule has 3 aromatic rings. The van der Waals surface area contributed by atoms with E-state index in [2.05, 4.69) is 21.0 Å². The van der Waals surface area contributed by atoms with Crippen LogP contribution in [-0.2, 0) is 4.74 Å². The third kappa shape index (κ3) is 5.41. The molecule has 1 N–H and O–H groups in total. The van der Waals surface area contributed by atoms with Crippen LogP contribution in [0.2, 0.25) is 5.02 Å². The molecule has 12 heteroatoms. The lowest BCUT2D eigenvalue weighted by atomic mass is 9.98. The number of aromatic hydroxyl groups is 1. The first-order chi connectivity index (χ1) is 19.0. The number of benzene rings is 1. The van der Waals surface area contributed by atoms with Crippen LogP contribution >= 0.6 is 11.6 Å². The molecule has 1 amide bonds. The molecule has 0 spiro atoms. The van der Waals surface area contributed by atoms with E-state index in [1.807, 2.05) is 4.90 Å². The number of nitrogens with zero attached hydrogens (tertiary/aromatic N) is 6. The van der Waals surface area contributed by atoms with Crippen molar-refractivity contribution < 1.29 is 23.8 Å². The van der Waals surface area contributed by atoms with Crippen LogP contribution < -0.4 is 9.64 Å². The van der Waals surface area contributed by atoms with Gasteiger partial charge in [0.15, 0.2) is 5.82 Å². The summed E-state index contributed by atoms with van der Waals surface area (Å²) in [5.74, 6) is -0.223. The van der Waals surface area contributed by atoms with Crippen molar-refractivity contribution in [2.24, 2.45) is 0 Å². The van der Waals surface area contributed by atoms with Crippen molar-refractivity contribution in [1.82, 2.24) is 19.9 Å². The lowest BCUT2D eigenvalue weighted by Gasteiger charge is -2.41. The van der Waals surface area contributed by atoms with Gasteiger partial charge in [0, 0.05) is 36.4 Å². The van der Waals surface area contributed by atoms with E-state index in [4.69, 9.17) is 21.1 Å². The smallest absolute Gasteiger partial charge is 0.410 e. The molecule has 1 aliphatic heterocycles. The minimum absolute atomic E-state index is 0.000493. The highest BCUT2D eigenvalue weighted by Gasteiger charge is 2.35. The predicted octanol–water partition coefficient (Wildman–Crippen LogP) is 5.42. The van der Waals surface area contributed by atoms with Crippen LogP contribution in [0.3, 0.4) is 0 Å². The molecule has 210 valence electrons. The number of nitriles is 1. The average Bonchev–Trinajstić information content (AvgIpc) is 3.72. The Kier molecular flexibility index (Phi) is 7.31. The number of hydrogen-bond acceptors (Lipinski definition) is 9. The van der Waals surface area contributed by atoms with Gasteiger partial charge in [0.25, 0.3) is 0 Å². The number of ether oxygens (including phenoxy) is 2. The zero-order chi connectivity index (χ0) is 28.8. The van der Waals surface area contributed by atoms with Crippen molar-refractivity contribution >= 4 is 34.4 Å². The zero-order valence-corrected chi connectivity index (χ0v) is 23.5. The Morgan fingerprint density at radius 1 is 1.27 bits per heavy atom. The average molecular weight is 569 g/mol. The van der Waals surface area contributed by atoms with Gasteiger partial charge in [-0.3, -0.25) is 4.98 Å². The number of carbonyl (C=O) groups is 1. The summed E-state index contributed by atoms with van der Waals surface area (Å²) in [4.78, 5) is 29.5. The summed E-state index contributed by atoms with van der Waals surface area (Å²) in [5.41, 5.74) is 0.521. The van der Waals surface area contributed by atoms with Crippen LogP contribution in [-0.4, -0.2) is 69.4 Å². The fourth-order valence-electron chi connectivity index (χ4n) is 5.02. The normalized spacial score (nSPS) is 17.6. The first-order valence-electron chi connectivity index (χ1n) is 13.0. The maximum absolute atomic E-state index is 16.2. The van der Waals surface area contributed by atoms with Gasteiger partial charge in [-0.05, 0) is 57.2 Å². The molecule has 2 aliphatic rings. The Hall–Kier alpha value is -3.91. The Bertz CT molecular complexity index is 1520. The number of halogens is 2. The van der Waals surface area contributed by atoms with Gasteiger partial charge in [0.2, 0.25) is 0 Å². The van der Waals surface area contributed by atoms with Crippen molar-refractivity contribution in [2.45, 2.75) is 57.6 Å². The molecule has 0 bridgehead atoms. The van der Waals surface area contributed by atoms with Crippen LogP contribution in [0.4, 0.5) is 15.0 Å². The van der Waals surface area contributed by atoms with E-state index in [1.165, 1.54) is 25.4 Å². The maximum Gasteiger partial charge on any atom is 0.410 e. The molecular weight excluding hydrogens is 539 g/mol. The molecule has 10 nitrogen and oxygen atoms in total. The van der Waals surface area contributed by atoms with Crippen molar-refractivity contribution in [1.29, 1.82) is 5.26 Å². The Morgan fingerprint density at radius 2 is 2.02 bits per heavy atom. The number of anilines is 1. The molecule has 1 saturated carbocycles. The molecule has 1 aliphatic carbocycles. The van der Waals surface area contributed by atoms with E-state index in [0.717, 1.165) is 18.4 Å². The summed E-state index contributed by atoms with van der Waals surface area (Å²) < 4.78 is 27.1. The number of methoxy groups -OCH3 is 1. The molecule has 3 heterocycles. The van der Waals surface area contributed by atoms with E-state index < -0.39 is 23.6 Å². The second-order valence-electron chi connectivity index (χ2n) is 11.0. The molecule has 1 aromatic carbocycles. The summed E-state index contributed by atoms with van der Waals surface area (Å²) in [5, 5.41) is 20.4. The second kappa shape index (κ2) is 10.6. The number of amides is 1. The van der Waals surface area contributed by atoms with Crippen LogP contribution in [0, 0.1) is 17.1 Å². The minimum atomic E-state index is -0.691. The summed E-state index contributed by atoms with van der Waals surface area (Å²) in [6.07, 6.45) is 2.93. The van der Waals surface area contributed by atoms with Crippen molar-refractivity contribution in [3.05, 3.63) is 34.7 Å². The van der Waals surface area contributed by atoms with E-state index in [1.54, 1.807) is 25.7 Å². The maximum atomic E-state index is 16.2. The quantitative estimate of drug-likeness (QED) is 0.429.